The molecule has 0 amide bonds. The second kappa shape index (κ2) is 3.42. The Balaban J connectivity index is 3.08. The van der Waals surface area contributed by atoms with Crippen LogP contribution in [-0.4, -0.2) is 17.7 Å². The van der Waals surface area contributed by atoms with E-state index in [0.29, 0.717) is 5.84 Å². The van der Waals surface area contributed by atoms with Gasteiger partial charge in [0, 0.05) is 0 Å². The minimum absolute atomic E-state index is 0.300. The Bertz CT molecular complexity index is 67.3. The van der Waals surface area contributed by atoms with E-state index in [-0.39, 0.29) is 0 Å². The van der Waals surface area contributed by atoms with Crippen molar-refractivity contribution in [2.24, 2.45) is 10.9 Å². The molecule has 0 atom stereocenters. The van der Waals surface area contributed by atoms with Crippen molar-refractivity contribution in [3.8, 4) is 0 Å². The van der Waals surface area contributed by atoms with E-state index in [9.17, 15) is 0 Å². The molecular formula is C3H8N2O2. The standard InChI is InChI=1S/C3H8N2O2/c1-3(4)5-7-2-6/h6H,2H2,1H3,(H2,4,5). The topological polar surface area (TPSA) is 67.8 Å². The highest BCUT2D eigenvalue weighted by atomic mass is 16.7. The molecule has 0 aromatic carbocycles. The van der Waals surface area contributed by atoms with Crippen LogP contribution < -0.4 is 5.73 Å². The zero-order chi connectivity index (χ0) is 5.70. The minimum Gasteiger partial charge on any atom is -0.385 e. The highest BCUT2D eigenvalue weighted by Crippen LogP contribution is 1.69. The molecule has 0 saturated carbocycles. The summed E-state index contributed by atoms with van der Waals surface area (Å²) >= 11 is 0. The number of nitrogens with two attached hydrogens (primary N) is 1. The van der Waals surface area contributed by atoms with Crippen LogP contribution in [0.4, 0.5) is 0 Å². The molecule has 0 heterocycles. The Labute approximate surface area is 41.6 Å². The molecule has 0 aromatic heterocycles. The molecule has 4 nitrogen and oxygen atoms in total. The summed E-state index contributed by atoms with van der Waals surface area (Å²) in [5, 5.41) is 11.1. The normalized spacial score (nSPS) is 11.4. The van der Waals surface area contributed by atoms with Gasteiger partial charge in [-0.1, -0.05) is 5.16 Å². The summed E-state index contributed by atoms with van der Waals surface area (Å²) in [4.78, 5) is 4.11. The highest BCUT2D eigenvalue weighted by molar-refractivity contribution is 5.76. The lowest BCUT2D eigenvalue weighted by Crippen LogP contribution is -2.05. The number of oxime groups is 1. The van der Waals surface area contributed by atoms with Crippen molar-refractivity contribution >= 4 is 5.84 Å². The van der Waals surface area contributed by atoms with Crippen molar-refractivity contribution in [3.05, 3.63) is 0 Å². The van der Waals surface area contributed by atoms with Crippen LogP contribution in [0.15, 0.2) is 5.16 Å². The predicted octanol–water partition coefficient (Wildman–Crippen LogP) is -0.755. The molecule has 42 valence electrons. The third-order valence-electron chi connectivity index (χ3n) is 0.266. The van der Waals surface area contributed by atoms with Gasteiger partial charge in [0.1, 0.15) is 5.84 Å². The zero-order valence-corrected chi connectivity index (χ0v) is 4.09. The van der Waals surface area contributed by atoms with Crippen LogP contribution in [0.5, 0.6) is 0 Å². The molecule has 0 saturated heterocycles. The van der Waals surface area contributed by atoms with E-state index in [0.717, 1.165) is 0 Å². The first kappa shape index (κ1) is 6.23. The summed E-state index contributed by atoms with van der Waals surface area (Å²) in [7, 11) is 0. The highest BCUT2D eigenvalue weighted by Gasteiger charge is 1.73. The van der Waals surface area contributed by atoms with Crippen LogP contribution in [0.3, 0.4) is 0 Å². The van der Waals surface area contributed by atoms with Crippen molar-refractivity contribution < 1.29 is 9.94 Å². The van der Waals surface area contributed by atoms with Gasteiger partial charge < -0.3 is 15.7 Å². The van der Waals surface area contributed by atoms with Gasteiger partial charge in [0.15, 0.2) is 0 Å². The average molecular weight is 104 g/mol. The molecule has 0 spiro atoms. The summed E-state index contributed by atoms with van der Waals surface area (Å²) in [5.41, 5.74) is 4.99. The van der Waals surface area contributed by atoms with Crippen LogP contribution in [0, 0.1) is 0 Å². The van der Waals surface area contributed by atoms with E-state index in [1.165, 1.54) is 0 Å². The monoisotopic (exact) mass is 104 g/mol. The molecule has 0 unspecified atom stereocenters. The maximum absolute atomic E-state index is 7.93. The van der Waals surface area contributed by atoms with Gasteiger partial charge in [-0.25, -0.2) is 0 Å². The van der Waals surface area contributed by atoms with Crippen LogP contribution in [0.1, 0.15) is 6.92 Å². The van der Waals surface area contributed by atoms with Gasteiger partial charge >= 0.3 is 0 Å². The first-order valence-corrected chi connectivity index (χ1v) is 1.80. The summed E-state index contributed by atoms with van der Waals surface area (Å²) in [6, 6.07) is 0. The maximum Gasteiger partial charge on any atom is 0.214 e. The summed E-state index contributed by atoms with van der Waals surface area (Å²) in [6.45, 7) is 1.14. The molecule has 3 N–H and O–H groups in total. The first-order valence-electron chi connectivity index (χ1n) is 1.80. The first-order chi connectivity index (χ1) is 3.27. The van der Waals surface area contributed by atoms with E-state index < -0.39 is 6.79 Å². The number of aliphatic hydroxyl groups is 1. The quantitative estimate of drug-likeness (QED) is 0.209. The fourth-order valence-corrected chi connectivity index (χ4v) is 0.131. The molecule has 0 aliphatic heterocycles. The average Bonchev–Trinajstić information content (AvgIpc) is 1.61. The van der Waals surface area contributed by atoms with E-state index in [1.54, 1.807) is 6.92 Å². The van der Waals surface area contributed by atoms with Crippen molar-refractivity contribution in [1.29, 1.82) is 0 Å². The molecule has 0 rings (SSSR count). The van der Waals surface area contributed by atoms with Gasteiger partial charge in [-0.05, 0) is 6.92 Å². The van der Waals surface area contributed by atoms with Gasteiger partial charge in [-0.15, -0.1) is 0 Å². The molecule has 0 bridgehead atoms. The third-order valence-corrected chi connectivity index (χ3v) is 0.266. The lowest BCUT2D eigenvalue weighted by molar-refractivity contribution is 0.00158. The number of aliphatic hydroxyl groups excluding tert-OH is 1. The smallest absolute Gasteiger partial charge is 0.214 e. The number of hydrogen-bond acceptors (Lipinski definition) is 3. The second-order valence-electron chi connectivity index (χ2n) is 0.991. The Morgan fingerprint density at radius 2 is 2.57 bits per heavy atom. The van der Waals surface area contributed by atoms with Gasteiger partial charge in [0.25, 0.3) is 0 Å². The molecular weight excluding hydrogens is 96.0 g/mol. The van der Waals surface area contributed by atoms with Crippen molar-refractivity contribution in [2.75, 3.05) is 6.79 Å². The van der Waals surface area contributed by atoms with E-state index in [1.807, 2.05) is 0 Å². The number of amidine groups is 1. The summed E-state index contributed by atoms with van der Waals surface area (Å²) in [6.07, 6.45) is 0. The molecule has 0 aliphatic rings. The molecule has 0 radical (unpaired) electrons. The lowest BCUT2D eigenvalue weighted by atomic mass is 10.7. The zero-order valence-electron chi connectivity index (χ0n) is 4.09. The van der Waals surface area contributed by atoms with Crippen LogP contribution in [-0.2, 0) is 4.84 Å². The Morgan fingerprint density at radius 1 is 2.00 bits per heavy atom. The Morgan fingerprint density at radius 3 is 2.71 bits per heavy atom. The Kier molecular flexibility index (Phi) is 3.04. The Hall–Kier alpha value is -0.770. The third kappa shape index (κ3) is 5.23. The van der Waals surface area contributed by atoms with E-state index in [4.69, 9.17) is 10.8 Å². The molecule has 7 heavy (non-hydrogen) atoms. The SMILES string of the molecule is C/C(N)=N/OCO. The largest absolute Gasteiger partial charge is 0.385 e. The number of rotatable bonds is 2. The fourth-order valence-electron chi connectivity index (χ4n) is 0.131. The molecule has 0 aliphatic carbocycles. The van der Waals surface area contributed by atoms with Crippen molar-refractivity contribution in [2.45, 2.75) is 6.92 Å². The van der Waals surface area contributed by atoms with Gasteiger partial charge in [-0.3, -0.25) is 0 Å². The molecule has 4 heteroatoms. The summed E-state index contributed by atoms with van der Waals surface area (Å²) < 4.78 is 0. The maximum atomic E-state index is 7.93. The van der Waals surface area contributed by atoms with Crippen LogP contribution in [0.25, 0.3) is 0 Å². The van der Waals surface area contributed by atoms with E-state index >= 15 is 0 Å². The van der Waals surface area contributed by atoms with Crippen LogP contribution in [0.2, 0.25) is 0 Å². The van der Waals surface area contributed by atoms with E-state index in [2.05, 4.69) is 9.99 Å². The van der Waals surface area contributed by atoms with Crippen LogP contribution >= 0.6 is 0 Å². The lowest BCUT2D eigenvalue weighted by Gasteiger charge is -1.88. The number of hydrogen-bond donors (Lipinski definition) is 2. The minimum atomic E-state index is -0.422. The molecule has 0 aromatic rings. The summed E-state index contributed by atoms with van der Waals surface area (Å²) in [5.74, 6) is 0.300. The van der Waals surface area contributed by atoms with Gasteiger partial charge in [0.2, 0.25) is 6.79 Å². The predicted molar refractivity (Wildman–Crippen MR) is 25.5 cm³/mol. The fraction of sp³-hybridized carbons (Fsp3) is 0.667. The van der Waals surface area contributed by atoms with Gasteiger partial charge in [-0.2, -0.15) is 0 Å². The van der Waals surface area contributed by atoms with Gasteiger partial charge in [0.05, 0.1) is 0 Å². The van der Waals surface area contributed by atoms with Crippen molar-refractivity contribution in [1.82, 2.24) is 0 Å². The number of nitrogens with zero attached hydrogens (tertiary/aromatic N) is 1. The second-order valence-corrected chi connectivity index (χ2v) is 0.991. The van der Waals surface area contributed by atoms with Crippen molar-refractivity contribution in [3.63, 3.8) is 0 Å². The molecule has 0 fully saturated rings.